The van der Waals surface area contributed by atoms with Crippen LogP contribution in [0.1, 0.15) is 27.2 Å². The number of carbonyl (C=O) groups is 2. The average molecular weight is 387 g/mol. The number of nitrogens with one attached hydrogen (secondary N) is 1. The van der Waals surface area contributed by atoms with Gasteiger partial charge in [-0.25, -0.2) is 0 Å². The number of primary amides is 1. The molecule has 6 nitrogen and oxygen atoms in total. The minimum Gasteiger partial charge on any atom is -0.487 e. The van der Waals surface area contributed by atoms with Gasteiger partial charge in [0.05, 0.1) is 5.69 Å². The first-order valence-electron chi connectivity index (χ1n) is 9.07. The summed E-state index contributed by atoms with van der Waals surface area (Å²) < 4.78 is 5.69. The Balaban J connectivity index is 1.46. The highest BCUT2D eigenvalue weighted by Gasteiger charge is 2.01. The zero-order chi connectivity index (χ0) is 20.5. The highest BCUT2D eigenvalue weighted by Crippen LogP contribution is 2.14. The minimum atomic E-state index is -0.475. The summed E-state index contributed by atoms with van der Waals surface area (Å²) in [4.78, 5) is 27.3. The molecule has 0 saturated heterocycles. The van der Waals surface area contributed by atoms with Crippen molar-refractivity contribution in [1.29, 1.82) is 0 Å². The molecule has 0 spiro atoms. The summed E-state index contributed by atoms with van der Waals surface area (Å²) in [6, 6.07) is 19.9. The smallest absolute Gasteiger partial charge is 0.248 e. The molecule has 3 rings (SSSR count). The minimum absolute atomic E-state index is 0.209. The Labute approximate surface area is 169 Å². The first kappa shape index (κ1) is 19.8. The SMILES string of the molecule is NC(=O)c1ccc(CNC(=O)C=Cc2ccc(OCc3ccccn3)cc2)cc1. The first-order valence-corrected chi connectivity index (χ1v) is 9.07. The summed E-state index contributed by atoms with van der Waals surface area (Å²) >= 11 is 0. The second-order valence-corrected chi connectivity index (χ2v) is 6.29. The molecule has 0 bridgehead atoms. The highest BCUT2D eigenvalue weighted by molar-refractivity contribution is 5.93. The summed E-state index contributed by atoms with van der Waals surface area (Å²) in [5, 5.41) is 2.79. The van der Waals surface area contributed by atoms with Crippen molar-refractivity contribution in [3.63, 3.8) is 0 Å². The molecule has 0 aliphatic carbocycles. The van der Waals surface area contributed by atoms with Crippen molar-refractivity contribution in [3.8, 4) is 5.75 Å². The molecule has 0 unspecified atom stereocenters. The van der Waals surface area contributed by atoms with E-state index in [9.17, 15) is 9.59 Å². The van der Waals surface area contributed by atoms with Crippen LogP contribution in [0.25, 0.3) is 6.08 Å². The number of hydrogen-bond acceptors (Lipinski definition) is 4. The third-order valence-corrected chi connectivity index (χ3v) is 4.13. The number of ether oxygens (including phenoxy) is 1. The molecule has 3 N–H and O–H groups in total. The monoisotopic (exact) mass is 387 g/mol. The fourth-order valence-electron chi connectivity index (χ4n) is 2.52. The largest absolute Gasteiger partial charge is 0.487 e. The normalized spacial score (nSPS) is 10.6. The van der Waals surface area contributed by atoms with Crippen molar-refractivity contribution < 1.29 is 14.3 Å². The molecule has 0 aliphatic rings. The third-order valence-electron chi connectivity index (χ3n) is 4.13. The number of nitrogens with zero attached hydrogens (tertiary/aromatic N) is 1. The van der Waals surface area contributed by atoms with Crippen LogP contribution in [0.15, 0.2) is 79.0 Å². The molecule has 29 heavy (non-hydrogen) atoms. The Morgan fingerprint density at radius 1 is 1.00 bits per heavy atom. The van der Waals surface area contributed by atoms with Crippen LogP contribution in [-0.4, -0.2) is 16.8 Å². The third kappa shape index (κ3) is 6.32. The number of benzene rings is 2. The van der Waals surface area contributed by atoms with E-state index in [1.54, 1.807) is 36.5 Å². The van der Waals surface area contributed by atoms with Crippen LogP contribution in [0.2, 0.25) is 0 Å². The van der Waals surface area contributed by atoms with E-state index in [4.69, 9.17) is 10.5 Å². The molecule has 6 heteroatoms. The Kier molecular flexibility index (Phi) is 6.73. The molecular formula is C23H21N3O3. The summed E-state index contributed by atoms with van der Waals surface area (Å²) in [5.41, 5.74) is 8.27. The zero-order valence-corrected chi connectivity index (χ0v) is 15.7. The van der Waals surface area contributed by atoms with Crippen molar-refractivity contribution in [2.45, 2.75) is 13.2 Å². The second kappa shape index (κ2) is 9.85. The lowest BCUT2D eigenvalue weighted by Gasteiger charge is -2.06. The predicted molar refractivity (Wildman–Crippen MR) is 111 cm³/mol. The molecule has 0 saturated carbocycles. The van der Waals surface area contributed by atoms with Gasteiger partial charge in [0.15, 0.2) is 0 Å². The molecule has 2 amide bonds. The van der Waals surface area contributed by atoms with Gasteiger partial charge in [0.2, 0.25) is 11.8 Å². The molecule has 2 aromatic carbocycles. The summed E-state index contributed by atoms with van der Waals surface area (Å²) in [6.07, 6.45) is 4.93. The van der Waals surface area contributed by atoms with Crippen molar-refractivity contribution in [3.05, 3.63) is 101 Å². The van der Waals surface area contributed by atoms with Crippen LogP contribution in [0, 0.1) is 0 Å². The zero-order valence-electron chi connectivity index (χ0n) is 15.7. The van der Waals surface area contributed by atoms with Gasteiger partial charge in [-0.15, -0.1) is 0 Å². The lowest BCUT2D eigenvalue weighted by molar-refractivity contribution is -0.116. The maximum atomic E-state index is 12.0. The van der Waals surface area contributed by atoms with E-state index in [2.05, 4.69) is 10.3 Å². The first-order chi connectivity index (χ1) is 14.1. The number of pyridine rings is 1. The van der Waals surface area contributed by atoms with Crippen molar-refractivity contribution in [2.75, 3.05) is 0 Å². The molecule has 0 fully saturated rings. The van der Waals surface area contributed by atoms with Crippen LogP contribution in [0.4, 0.5) is 0 Å². The quantitative estimate of drug-likeness (QED) is 0.581. The van der Waals surface area contributed by atoms with Gasteiger partial charge in [-0.3, -0.25) is 14.6 Å². The Bertz CT molecular complexity index is 982. The number of nitrogens with two attached hydrogens (primary N) is 1. The van der Waals surface area contributed by atoms with E-state index in [-0.39, 0.29) is 5.91 Å². The van der Waals surface area contributed by atoms with Gasteiger partial charge in [0.1, 0.15) is 12.4 Å². The molecule has 0 aliphatic heterocycles. The Hall–Kier alpha value is -3.93. The van der Waals surface area contributed by atoms with Gasteiger partial charge in [0, 0.05) is 24.4 Å². The van der Waals surface area contributed by atoms with Crippen molar-refractivity contribution in [1.82, 2.24) is 10.3 Å². The molecule has 1 heterocycles. The molecular weight excluding hydrogens is 366 g/mol. The van der Waals surface area contributed by atoms with E-state index in [1.165, 1.54) is 6.08 Å². The van der Waals surface area contributed by atoms with Crippen molar-refractivity contribution in [2.24, 2.45) is 5.73 Å². The number of hydrogen-bond donors (Lipinski definition) is 2. The van der Waals surface area contributed by atoms with E-state index in [1.807, 2.05) is 42.5 Å². The predicted octanol–water partition coefficient (Wildman–Crippen LogP) is 3.09. The number of carbonyl (C=O) groups excluding carboxylic acids is 2. The van der Waals surface area contributed by atoms with Crippen LogP contribution >= 0.6 is 0 Å². The number of aromatic nitrogens is 1. The highest BCUT2D eigenvalue weighted by atomic mass is 16.5. The van der Waals surface area contributed by atoms with E-state index < -0.39 is 5.91 Å². The van der Waals surface area contributed by atoms with Gasteiger partial charge in [-0.1, -0.05) is 30.3 Å². The number of amides is 2. The van der Waals surface area contributed by atoms with Gasteiger partial charge < -0.3 is 15.8 Å². The van der Waals surface area contributed by atoms with Crippen LogP contribution in [0.5, 0.6) is 5.75 Å². The van der Waals surface area contributed by atoms with E-state index >= 15 is 0 Å². The maximum Gasteiger partial charge on any atom is 0.248 e. The fourth-order valence-corrected chi connectivity index (χ4v) is 2.52. The summed E-state index contributed by atoms with van der Waals surface area (Å²) in [6.45, 7) is 0.765. The summed E-state index contributed by atoms with van der Waals surface area (Å²) in [5.74, 6) is 0.0489. The van der Waals surface area contributed by atoms with Crippen LogP contribution < -0.4 is 15.8 Å². The standard InChI is InChI=1S/C23H21N3O3/c24-23(28)19-9-4-18(5-10-19)15-26-22(27)13-8-17-6-11-21(12-7-17)29-16-20-3-1-2-14-25-20/h1-14H,15-16H2,(H2,24,28)(H,26,27). The van der Waals surface area contributed by atoms with Crippen molar-refractivity contribution >= 4 is 17.9 Å². The lowest BCUT2D eigenvalue weighted by Crippen LogP contribution is -2.20. The van der Waals surface area contributed by atoms with Gasteiger partial charge in [-0.2, -0.15) is 0 Å². The van der Waals surface area contributed by atoms with Gasteiger partial charge >= 0.3 is 0 Å². The Morgan fingerprint density at radius 3 is 2.41 bits per heavy atom. The van der Waals surface area contributed by atoms with Gasteiger partial charge in [0.25, 0.3) is 0 Å². The van der Waals surface area contributed by atoms with Crippen LogP contribution in [0.3, 0.4) is 0 Å². The lowest BCUT2D eigenvalue weighted by atomic mass is 10.1. The molecule has 1 aromatic heterocycles. The van der Waals surface area contributed by atoms with E-state index in [0.29, 0.717) is 18.7 Å². The second-order valence-electron chi connectivity index (χ2n) is 6.29. The number of rotatable bonds is 8. The Morgan fingerprint density at radius 2 is 1.76 bits per heavy atom. The molecule has 0 atom stereocenters. The van der Waals surface area contributed by atoms with Gasteiger partial charge in [-0.05, 0) is 53.6 Å². The van der Waals surface area contributed by atoms with Crippen LogP contribution in [-0.2, 0) is 17.9 Å². The topological polar surface area (TPSA) is 94.3 Å². The molecule has 146 valence electrons. The summed E-state index contributed by atoms with van der Waals surface area (Å²) in [7, 11) is 0. The maximum absolute atomic E-state index is 12.0. The fraction of sp³-hybridized carbons (Fsp3) is 0.0870. The molecule has 3 aromatic rings. The molecule has 0 radical (unpaired) electrons. The van der Waals surface area contributed by atoms with E-state index in [0.717, 1.165) is 22.6 Å². The average Bonchev–Trinajstić information content (AvgIpc) is 2.76.